The fraction of sp³-hybridized carbons (Fsp3) is 0.250. The number of carbonyl (C=O) groups is 2. The molecule has 2 amide bonds. The number of rotatable bonds is 8. The molecular formula is C32H31FN2O4. The third-order valence-electron chi connectivity index (χ3n) is 6.87. The van der Waals surface area contributed by atoms with Gasteiger partial charge in [-0.3, -0.25) is 9.59 Å². The van der Waals surface area contributed by atoms with Crippen LogP contribution >= 0.6 is 0 Å². The summed E-state index contributed by atoms with van der Waals surface area (Å²) in [5, 5.41) is 2.85. The van der Waals surface area contributed by atoms with Crippen molar-refractivity contribution in [1.29, 1.82) is 0 Å². The van der Waals surface area contributed by atoms with Gasteiger partial charge in [0, 0.05) is 19.0 Å². The lowest BCUT2D eigenvalue weighted by Crippen LogP contribution is -2.42. The summed E-state index contributed by atoms with van der Waals surface area (Å²) in [6.07, 6.45) is 0.728. The molecule has 0 fully saturated rings. The van der Waals surface area contributed by atoms with Gasteiger partial charge in [-0.1, -0.05) is 62.4 Å². The average Bonchev–Trinajstić information content (AvgIpc) is 3.44. The van der Waals surface area contributed by atoms with Crippen LogP contribution in [0.25, 0.3) is 0 Å². The molecule has 6 nitrogen and oxygen atoms in total. The fourth-order valence-corrected chi connectivity index (χ4v) is 4.85. The molecule has 0 spiro atoms. The number of nitrogens with one attached hydrogen (secondary N) is 1. The van der Waals surface area contributed by atoms with Crippen molar-refractivity contribution in [3.63, 3.8) is 0 Å². The summed E-state index contributed by atoms with van der Waals surface area (Å²) in [5.74, 6) is 0.627. The third kappa shape index (κ3) is 6.03. The fourth-order valence-electron chi connectivity index (χ4n) is 4.85. The maximum atomic E-state index is 13.7. The number of furan rings is 1. The number of hydrogen-bond acceptors (Lipinski definition) is 4. The average molecular weight is 527 g/mol. The first-order valence-electron chi connectivity index (χ1n) is 13.1. The van der Waals surface area contributed by atoms with Gasteiger partial charge >= 0.3 is 0 Å². The van der Waals surface area contributed by atoms with Crippen molar-refractivity contribution < 1.29 is 23.1 Å². The van der Waals surface area contributed by atoms with Gasteiger partial charge in [-0.2, -0.15) is 0 Å². The molecule has 5 rings (SSSR count). The number of fused-ring (bicyclic) bond motifs is 1. The molecule has 0 radical (unpaired) electrons. The molecule has 0 saturated heterocycles. The molecule has 1 unspecified atom stereocenters. The molecule has 7 heteroatoms. The largest absolute Gasteiger partial charge is 0.486 e. The highest BCUT2D eigenvalue weighted by Crippen LogP contribution is 2.38. The van der Waals surface area contributed by atoms with Crippen LogP contribution in [-0.2, 0) is 24.4 Å². The monoisotopic (exact) mass is 526 g/mol. The van der Waals surface area contributed by atoms with Crippen LogP contribution in [0.1, 0.15) is 58.5 Å². The number of carbonyl (C=O) groups excluding carboxylic acids is 2. The lowest BCUT2D eigenvalue weighted by Gasteiger charge is -2.39. The Morgan fingerprint density at radius 1 is 1.03 bits per heavy atom. The number of amides is 2. The molecule has 2 heterocycles. The number of ether oxygens (including phenoxy) is 1. The normalized spacial score (nSPS) is 14.7. The van der Waals surface area contributed by atoms with Crippen LogP contribution in [0.15, 0.2) is 89.3 Å². The van der Waals surface area contributed by atoms with Gasteiger partial charge < -0.3 is 19.4 Å². The summed E-state index contributed by atoms with van der Waals surface area (Å²) in [6.45, 7) is 4.92. The predicted molar refractivity (Wildman–Crippen MR) is 146 cm³/mol. The van der Waals surface area contributed by atoms with E-state index in [1.165, 1.54) is 12.1 Å². The Bertz CT molecular complexity index is 1450. The van der Waals surface area contributed by atoms with Crippen LogP contribution in [-0.4, -0.2) is 23.3 Å². The predicted octanol–water partition coefficient (Wildman–Crippen LogP) is 6.06. The topological polar surface area (TPSA) is 71.8 Å². The highest BCUT2D eigenvalue weighted by atomic mass is 19.1. The lowest BCUT2D eigenvalue weighted by atomic mass is 9.87. The molecule has 3 aromatic carbocycles. The Kier molecular flexibility index (Phi) is 7.77. The molecular weight excluding hydrogens is 495 g/mol. The van der Waals surface area contributed by atoms with Crippen molar-refractivity contribution in [3.05, 3.63) is 125 Å². The van der Waals surface area contributed by atoms with E-state index < -0.39 is 0 Å². The maximum absolute atomic E-state index is 13.7. The summed E-state index contributed by atoms with van der Waals surface area (Å²) in [5.41, 5.74) is 3.93. The summed E-state index contributed by atoms with van der Waals surface area (Å²) in [7, 11) is 0. The van der Waals surface area contributed by atoms with Gasteiger partial charge in [-0.25, -0.2) is 4.39 Å². The minimum atomic E-state index is -0.337. The van der Waals surface area contributed by atoms with Crippen molar-refractivity contribution in [2.75, 3.05) is 6.54 Å². The van der Waals surface area contributed by atoms with Crippen LogP contribution < -0.4 is 10.1 Å². The zero-order chi connectivity index (χ0) is 27.4. The maximum Gasteiger partial charge on any atom is 0.287 e. The second-order valence-electron chi connectivity index (χ2n) is 9.97. The van der Waals surface area contributed by atoms with E-state index in [-0.39, 0.29) is 42.0 Å². The summed E-state index contributed by atoms with van der Waals surface area (Å²) in [6, 6.07) is 24.8. The molecule has 0 saturated carbocycles. The molecule has 4 aromatic rings. The van der Waals surface area contributed by atoms with Crippen LogP contribution in [0.2, 0.25) is 0 Å². The van der Waals surface area contributed by atoms with Crippen molar-refractivity contribution in [2.24, 2.45) is 5.92 Å². The molecule has 1 aromatic heterocycles. The zero-order valence-corrected chi connectivity index (χ0v) is 22.0. The molecule has 0 aliphatic carbocycles. The van der Waals surface area contributed by atoms with E-state index >= 15 is 0 Å². The van der Waals surface area contributed by atoms with Gasteiger partial charge in [0.2, 0.25) is 5.91 Å². The molecule has 1 N–H and O–H groups in total. The van der Waals surface area contributed by atoms with Gasteiger partial charge in [0.15, 0.2) is 5.76 Å². The molecule has 1 atom stereocenters. The summed E-state index contributed by atoms with van der Waals surface area (Å²) >= 11 is 0. The zero-order valence-electron chi connectivity index (χ0n) is 22.0. The van der Waals surface area contributed by atoms with Gasteiger partial charge in [-0.15, -0.1) is 0 Å². The van der Waals surface area contributed by atoms with Crippen molar-refractivity contribution in [1.82, 2.24) is 10.2 Å². The minimum absolute atomic E-state index is 0.0509. The Balaban J connectivity index is 1.31. The lowest BCUT2D eigenvalue weighted by molar-refractivity contribution is -0.136. The minimum Gasteiger partial charge on any atom is -0.486 e. The summed E-state index contributed by atoms with van der Waals surface area (Å²) < 4.78 is 25.5. The van der Waals surface area contributed by atoms with E-state index in [0.717, 1.165) is 28.7 Å². The van der Waals surface area contributed by atoms with E-state index in [0.29, 0.717) is 24.6 Å². The van der Waals surface area contributed by atoms with Gasteiger partial charge in [0.1, 0.15) is 23.9 Å². The van der Waals surface area contributed by atoms with Crippen molar-refractivity contribution in [3.8, 4) is 5.75 Å². The molecule has 1 aliphatic rings. The van der Waals surface area contributed by atoms with Crippen LogP contribution in [0, 0.1) is 11.7 Å². The molecule has 200 valence electrons. The van der Waals surface area contributed by atoms with E-state index in [1.54, 1.807) is 24.3 Å². The van der Waals surface area contributed by atoms with Crippen molar-refractivity contribution in [2.45, 2.75) is 39.5 Å². The van der Waals surface area contributed by atoms with Crippen LogP contribution in [0.5, 0.6) is 5.75 Å². The third-order valence-corrected chi connectivity index (χ3v) is 6.87. The van der Waals surface area contributed by atoms with Gasteiger partial charge in [0.25, 0.3) is 5.91 Å². The first kappa shape index (κ1) is 26.2. The second kappa shape index (κ2) is 11.6. The quantitative estimate of drug-likeness (QED) is 0.303. The second-order valence-corrected chi connectivity index (χ2v) is 9.97. The Morgan fingerprint density at radius 2 is 1.79 bits per heavy atom. The smallest absolute Gasteiger partial charge is 0.287 e. The van der Waals surface area contributed by atoms with Crippen LogP contribution in [0.3, 0.4) is 0 Å². The standard InChI is InChI=1S/C32H31FN2O4/c1-21(2)32(37)35-17-16-23-10-13-26(18-28(23)30(35)24-8-11-25(33)12-9-24)38-20-27-14-15-29(39-27)31(36)34-19-22-6-4-3-5-7-22/h3-15,18,21,30H,16-17,19-20H2,1-2H3,(H,34,36). The summed E-state index contributed by atoms with van der Waals surface area (Å²) in [4.78, 5) is 27.5. The molecule has 1 aliphatic heterocycles. The van der Waals surface area contributed by atoms with E-state index in [4.69, 9.17) is 9.15 Å². The van der Waals surface area contributed by atoms with Gasteiger partial charge in [-0.05, 0) is 65.1 Å². The number of hydrogen-bond donors (Lipinski definition) is 1. The van der Waals surface area contributed by atoms with Gasteiger partial charge in [0.05, 0.1) is 6.04 Å². The SMILES string of the molecule is CC(C)C(=O)N1CCc2ccc(OCc3ccc(C(=O)NCc4ccccc4)o3)cc2C1c1ccc(F)cc1. The first-order valence-corrected chi connectivity index (χ1v) is 13.1. The van der Waals surface area contributed by atoms with E-state index in [2.05, 4.69) is 5.32 Å². The van der Waals surface area contributed by atoms with E-state index in [1.807, 2.05) is 67.3 Å². The molecule has 0 bridgehead atoms. The van der Waals surface area contributed by atoms with Crippen molar-refractivity contribution >= 4 is 11.8 Å². The van der Waals surface area contributed by atoms with E-state index in [9.17, 15) is 14.0 Å². The Hall–Kier alpha value is -4.39. The highest BCUT2D eigenvalue weighted by Gasteiger charge is 2.33. The first-order chi connectivity index (χ1) is 18.9. The Morgan fingerprint density at radius 3 is 2.54 bits per heavy atom. The molecule has 39 heavy (non-hydrogen) atoms. The van der Waals surface area contributed by atoms with Crippen LogP contribution in [0.4, 0.5) is 4.39 Å². The highest BCUT2D eigenvalue weighted by molar-refractivity contribution is 5.91. The Labute approximate surface area is 227 Å². The number of benzene rings is 3. The number of nitrogens with zero attached hydrogens (tertiary/aromatic N) is 1. The number of halogens is 1.